The summed E-state index contributed by atoms with van der Waals surface area (Å²) in [7, 11) is 0. The van der Waals surface area contributed by atoms with Crippen molar-refractivity contribution in [1.29, 1.82) is 0 Å². The molecular formula is C9H11BrN2OS. The van der Waals surface area contributed by atoms with Gasteiger partial charge in [0, 0.05) is 17.5 Å². The van der Waals surface area contributed by atoms with Crippen molar-refractivity contribution in [3.8, 4) is 0 Å². The molecule has 3 nitrogen and oxygen atoms in total. The molecule has 0 bridgehead atoms. The molecule has 1 amide bonds. The van der Waals surface area contributed by atoms with E-state index in [1.54, 1.807) is 0 Å². The van der Waals surface area contributed by atoms with E-state index in [0.717, 1.165) is 22.2 Å². The van der Waals surface area contributed by atoms with Crippen LogP contribution >= 0.6 is 27.3 Å². The van der Waals surface area contributed by atoms with Crippen LogP contribution in [0.2, 0.25) is 0 Å². The molecule has 0 radical (unpaired) electrons. The number of nitrogens with one attached hydrogen (secondary N) is 1. The first-order valence-corrected chi connectivity index (χ1v) is 6.13. The maximum Gasteiger partial charge on any atom is 0.252 e. The molecule has 1 saturated carbocycles. The third-order valence-electron chi connectivity index (χ3n) is 2.34. The lowest BCUT2D eigenvalue weighted by Crippen LogP contribution is -2.50. The van der Waals surface area contributed by atoms with E-state index in [9.17, 15) is 4.79 Å². The van der Waals surface area contributed by atoms with Crippen LogP contribution in [0.25, 0.3) is 0 Å². The largest absolute Gasteiger partial charge is 0.349 e. The number of halogens is 1. The number of carbonyl (C=O) groups is 1. The van der Waals surface area contributed by atoms with Gasteiger partial charge in [0.2, 0.25) is 0 Å². The molecule has 1 aliphatic carbocycles. The number of rotatable bonds is 2. The van der Waals surface area contributed by atoms with E-state index < -0.39 is 0 Å². The zero-order valence-electron chi connectivity index (χ0n) is 7.50. The summed E-state index contributed by atoms with van der Waals surface area (Å²) in [5, 5.41) is 4.79. The average molecular weight is 275 g/mol. The van der Waals surface area contributed by atoms with E-state index >= 15 is 0 Å². The lowest BCUT2D eigenvalue weighted by Gasteiger charge is -2.32. The van der Waals surface area contributed by atoms with Crippen molar-refractivity contribution in [2.45, 2.75) is 24.9 Å². The average Bonchev–Trinajstić information content (AvgIpc) is 2.49. The molecule has 0 aliphatic heterocycles. The fraction of sp³-hybridized carbons (Fsp3) is 0.444. The molecule has 2 rings (SSSR count). The molecule has 0 aromatic carbocycles. The molecule has 1 aromatic heterocycles. The van der Waals surface area contributed by atoms with E-state index in [2.05, 4.69) is 21.2 Å². The van der Waals surface area contributed by atoms with Crippen LogP contribution in [-0.4, -0.2) is 18.0 Å². The fourth-order valence-corrected chi connectivity index (χ4v) is 2.61. The van der Waals surface area contributed by atoms with Crippen molar-refractivity contribution in [3.05, 3.63) is 20.8 Å². The van der Waals surface area contributed by atoms with Gasteiger partial charge in [0.25, 0.3) is 5.91 Å². The maximum absolute atomic E-state index is 11.6. The Morgan fingerprint density at radius 1 is 1.64 bits per heavy atom. The second-order valence-electron chi connectivity index (χ2n) is 3.54. The summed E-state index contributed by atoms with van der Waals surface area (Å²) in [6.45, 7) is 0. The Hall–Kier alpha value is -0.390. The molecule has 1 heterocycles. The Balaban J connectivity index is 1.90. The first kappa shape index (κ1) is 10.1. The first-order chi connectivity index (χ1) is 6.65. The first-order valence-electron chi connectivity index (χ1n) is 4.45. The van der Waals surface area contributed by atoms with E-state index in [1.807, 2.05) is 11.4 Å². The second kappa shape index (κ2) is 4.00. The van der Waals surface area contributed by atoms with Crippen LogP contribution in [0.5, 0.6) is 0 Å². The van der Waals surface area contributed by atoms with Gasteiger partial charge in [0.15, 0.2) is 0 Å². The van der Waals surface area contributed by atoms with Crippen LogP contribution in [0.4, 0.5) is 0 Å². The van der Waals surface area contributed by atoms with E-state index in [1.165, 1.54) is 11.3 Å². The molecule has 1 aliphatic rings. The fourth-order valence-electron chi connectivity index (χ4n) is 1.48. The van der Waals surface area contributed by atoms with Crippen molar-refractivity contribution in [2.75, 3.05) is 0 Å². The molecule has 0 unspecified atom stereocenters. The summed E-state index contributed by atoms with van der Waals surface area (Å²) in [6, 6.07) is 2.38. The van der Waals surface area contributed by atoms with Crippen LogP contribution in [0.3, 0.4) is 0 Å². The van der Waals surface area contributed by atoms with Crippen LogP contribution in [-0.2, 0) is 0 Å². The van der Waals surface area contributed by atoms with Crippen LogP contribution in [0.1, 0.15) is 23.2 Å². The number of thiophene rings is 1. The van der Waals surface area contributed by atoms with Crippen LogP contribution < -0.4 is 11.1 Å². The van der Waals surface area contributed by atoms with Gasteiger partial charge in [0.05, 0.1) is 9.35 Å². The number of nitrogens with two attached hydrogens (primary N) is 1. The summed E-state index contributed by atoms with van der Waals surface area (Å²) in [6.07, 6.45) is 1.80. The predicted molar refractivity (Wildman–Crippen MR) is 60.5 cm³/mol. The van der Waals surface area contributed by atoms with Gasteiger partial charge in [-0.15, -0.1) is 11.3 Å². The molecule has 3 N–H and O–H groups in total. The Labute approximate surface area is 94.8 Å². The standard InChI is InChI=1S/C9H11BrN2OS/c10-8-1-5(4-14-8)9(13)12-7-2-6(11)3-7/h1,4,6-7H,2-3,11H2,(H,12,13). The highest BCUT2D eigenvalue weighted by Gasteiger charge is 2.27. The van der Waals surface area contributed by atoms with Gasteiger partial charge in [-0.2, -0.15) is 0 Å². The highest BCUT2D eigenvalue weighted by atomic mass is 79.9. The predicted octanol–water partition coefficient (Wildman–Crippen LogP) is 1.73. The Kier molecular flexibility index (Phi) is 2.90. The Bertz CT molecular complexity index is 346. The maximum atomic E-state index is 11.6. The molecule has 14 heavy (non-hydrogen) atoms. The lowest BCUT2D eigenvalue weighted by atomic mass is 9.87. The highest BCUT2D eigenvalue weighted by Crippen LogP contribution is 2.22. The molecule has 76 valence electrons. The SMILES string of the molecule is NC1CC(NC(=O)c2csc(Br)c2)C1. The third-order valence-corrected chi connectivity index (χ3v) is 3.84. The zero-order chi connectivity index (χ0) is 10.1. The molecule has 1 fully saturated rings. The van der Waals surface area contributed by atoms with Crippen LogP contribution in [0, 0.1) is 0 Å². The highest BCUT2D eigenvalue weighted by molar-refractivity contribution is 9.11. The van der Waals surface area contributed by atoms with E-state index in [0.29, 0.717) is 0 Å². The number of hydrogen-bond acceptors (Lipinski definition) is 3. The summed E-state index contributed by atoms with van der Waals surface area (Å²) in [4.78, 5) is 11.6. The smallest absolute Gasteiger partial charge is 0.252 e. The van der Waals surface area contributed by atoms with Crippen molar-refractivity contribution in [1.82, 2.24) is 5.32 Å². The van der Waals surface area contributed by atoms with E-state index in [4.69, 9.17) is 5.73 Å². The van der Waals surface area contributed by atoms with Crippen molar-refractivity contribution in [3.63, 3.8) is 0 Å². The zero-order valence-corrected chi connectivity index (χ0v) is 9.90. The molecule has 1 aromatic rings. The number of carbonyl (C=O) groups excluding carboxylic acids is 1. The number of amides is 1. The van der Waals surface area contributed by atoms with Gasteiger partial charge in [-0.3, -0.25) is 4.79 Å². The molecule has 0 atom stereocenters. The van der Waals surface area contributed by atoms with Gasteiger partial charge in [-0.05, 0) is 34.8 Å². The van der Waals surface area contributed by atoms with Gasteiger partial charge in [-0.25, -0.2) is 0 Å². The van der Waals surface area contributed by atoms with Gasteiger partial charge in [0.1, 0.15) is 0 Å². The van der Waals surface area contributed by atoms with Gasteiger partial charge in [-0.1, -0.05) is 0 Å². The van der Waals surface area contributed by atoms with E-state index in [-0.39, 0.29) is 18.0 Å². The summed E-state index contributed by atoms with van der Waals surface area (Å²) in [5.74, 6) is 0.00356. The van der Waals surface area contributed by atoms with Gasteiger partial charge >= 0.3 is 0 Å². The summed E-state index contributed by atoms with van der Waals surface area (Å²) >= 11 is 4.84. The molecule has 0 saturated heterocycles. The summed E-state index contributed by atoms with van der Waals surface area (Å²) in [5.41, 5.74) is 6.36. The molecule has 5 heteroatoms. The minimum Gasteiger partial charge on any atom is -0.349 e. The second-order valence-corrected chi connectivity index (χ2v) is 5.83. The van der Waals surface area contributed by atoms with Crippen molar-refractivity contribution < 1.29 is 4.79 Å². The van der Waals surface area contributed by atoms with Crippen LogP contribution in [0.15, 0.2) is 15.2 Å². The number of hydrogen-bond donors (Lipinski definition) is 2. The summed E-state index contributed by atoms with van der Waals surface area (Å²) < 4.78 is 0.980. The topological polar surface area (TPSA) is 55.1 Å². The van der Waals surface area contributed by atoms with Crippen molar-refractivity contribution >= 4 is 33.2 Å². The van der Waals surface area contributed by atoms with Gasteiger partial charge < -0.3 is 11.1 Å². The molecule has 0 spiro atoms. The Morgan fingerprint density at radius 3 is 2.86 bits per heavy atom. The normalized spacial score (nSPS) is 25.6. The monoisotopic (exact) mass is 274 g/mol. The third kappa shape index (κ3) is 2.16. The quantitative estimate of drug-likeness (QED) is 0.863. The lowest BCUT2D eigenvalue weighted by molar-refractivity contribution is 0.0910. The van der Waals surface area contributed by atoms with Crippen molar-refractivity contribution in [2.24, 2.45) is 5.73 Å². The minimum absolute atomic E-state index is 0.00356. The Morgan fingerprint density at radius 2 is 2.36 bits per heavy atom. The molecular weight excluding hydrogens is 264 g/mol. The minimum atomic E-state index is 0.00356.